The highest BCUT2D eigenvalue weighted by molar-refractivity contribution is 7.92. The van der Waals surface area contributed by atoms with E-state index in [1.165, 1.54) is 4.31 Å². The summed E-state index contributed by atoms with van der Waals surface area (Å²) in [5.74, 6) is 0.189. The van der Waals surface area contributed by atoms with Crippen LogP contribution in [0, 0.1) is 6.92 Å². The molecular weight excluding hydrogens is 466 g/mol. The van der Waals surface area contributed by atoms with Gasteiger partial charge in [0.05, 0.1) is 19.1 Å². The van der Waals surface area contributed by atoms with Crippen molar-refractivity contribution in [2.24, 2.45) is 0 Å². The van der Waals surface area contributed by atoms with E-state index in [0.29, 0.717) is 24.4 Å². The van der Waals surface area contributed by atoms with Crippen molar-refractivity contribution in [3.8, 4) is 5.75 Å². The van der Waals surface area contributed by atoms with E-state index in [4.69, 9.17) is 4.74 Å². The molecule has 0 radical (unpaired) electrons. The Kier molecular flexibility index (Phi) is 10.1. The van der Waals surface area contributed by atoms with Crippen LogP contribution in [-0.4, -0.2) is 57.1 Å². The Balaban J connectivity index is 2.15. The van der Waals surface area contributed by atoms with Gasteiger partial charge < -0.3 is 15.0 Å². The molecule has 0 aliphatic rings. The minimum Gasteiger partial charge on any atom is -0.497 e. The smallest absolute Gasteiger partial charge is 0.242 e. The lowest BCUT2D eigenvalue weighted by Crippen LogP contribution is -2.49. The van der Waals surface area contributed by atoms with Crippen molar-refractivity contribution in [3.63, 3.8) is 0 Å². The van der Waals surface area contributed by atoms with Gasteiger partial charge in [-0.15, -0.1) is 0 Å². The molecule has 2 rings (SSSR count). The first-order valence-electron chi connectivity index (χ1n) is 11.7. The molecule has 1 atom stereocenters. The highest BCUT2D eigenvalue weighted by Crippen LogP contribution is 2.22. The molecule has 0 aliphatic heterocycles. The van der Waals surface area contributed by atoms with Gasteiger partial charge in [0.15, 0.2) is 0 Å². The van der Waals surface area contributed by atoms with Crippen molar-refractivity contribution in [1.29, 1.82) is 0 Å². The Hall–Kier alpha value is -3.07. The van der Waals surface area contributed by atoms with Crippen molar-refractivity contribution in [2.75, 3.05) is 24.2 Å². The van der Waals surface area contributed by atoms with E-state index in [1.807, 2.05) is 45.0 Å². The first kappa shape index (κ1) is 28.2. The summed E-state index contributed by atoms with van der Waals surface area (Å²) >= 11 is 0. The molecule has 0 bridgehead atoms. The van der Waals surface area contributed by atoms with Gasteiger partial charge in [-0.05, 0) is 63.9 Å². The summed E-state index contributed by atoms with van der Waals surface area (Å²) in [4.78, 5) is 27.5. The van der Waals surface area contributed by atoms with E-state index < -0.39 is 16.1 Å². The number of carbonyl (C=O) groups excluding carboxylic acids is 2. The van der Waals surface area contributed by atoms with Crippen molar-refractivity contribution in [3.05, 3.63) is 59.7 Å². The highest BCUT2D eigenvalue weighted by atomic mass is 32.2. The average Bonchev–Trinajstić information content (AvgIpc) is 2.79. The Morgan fingerprint density at radius 2 is 1.60 bits per heavy atom. The van der Waals surface area contributed by atoms with Crippen molar-refractivity contribution in [1.82, 2.24) is 10.2 Å². The van der Waals surface area contributed by atoms with Crippen LogP contribution in [0.3, 0.4) is 0 Å². The summed E-state index contributed by atoms with van der Waals surface area (Å²) in [5.41, 5.74) is 2.53. The lowest BCUT2D eigenvalue weighted by atomic mass is 10.1. The number of amides is 2. The first-order chi connectivity index (χ1) is 16.4. The number of rotatable bonds is 12. The Morgan fingerprint density at radius 3 is 2.11 bits per heavy atom. The van der Waals surface area contributed by atoms with Crippen molar-refractivity contribution >= 4 is 27.5 Å². The molecule has 9 heteroatoms. The van der Waals surface area contributed by atoms with Crippen LogP contribution in [0.5, 0.6) is 5.75 Å². The third kappa shape index (κ3) is 8.58. The third-order valence-corrected chi connectivity index (χ3v) is 6.78. The number of sulfonamides is 1. The molecule has 2 aromatic rings. The summed E-state index contributed by atoms with van der Waals surface area (Å²) in [6.07, 6.45) is 1.55. The molecule has 0 aromatic heterocycles. The van der Waals surface area contributed by atoms with E-state index >= 15 is 0 Å². The normalized spacial score (nSPS) is 12.2. The fraction of sp³-hybridized carbons (Fsp3) is 0.462. The number of aryl methyl sites for hydroxylation is 1. The van der Waals surface area contributed by atoms with E-state index in [1.54, 1.807) is 43.2 Å². The second-order valence-corrected chi connectivity index (χ2v) is 10.9. The summed E-state index contributed by atoms with van der Waals surface area (Å²) in [6.45, 7) is 7.87. The van der Waals surface area contributed by atoms with Gasteiger partial charge in [-0.25, -0.2) is 8.42 Å². The number of ether oxygens (including phenoxy) is 1. The molecule has 35 heavy (non-hydrogen) atoms. The molecule has 8 nitrogen and oxygen atoms in total. The maximum atomic E-state index is 13.3. The molecule has 192 valence electrons. The van der Waals surface area contributed by atoms with Crippen LogP contribution >= 0.6 is 0 Å². The number of hydrogen-bond acceptors (Lipinski definition) is 5. The van der Waals surface area contributed by atoms with E-state index in [-0.39, 0.29) is 30.8 Å². The van der Waals surface area contributed by atoms with Gasteiger partial charge in [-0.3, -0.25) is 13.9 Å². The molecular formula is C26H37N3O5S. The number of anilines is 1. The number of carbonyl (C=O) groups is 2. The van der Waals surface area contributed by atoms with Crippen LogP contribution in [0.25, 0.3) is 0 Å². The van der Waals surface area contributed by atoms with Gasteiger partial charge in [0, 0.05) is 25.6 Å². The predicted molar refractivity (Wildman–Crippen MR) is 139 cm³/mol. The molecule has 0 heterocycles. The standard InChI is InChI=1S/C26H37N3O5S/c1-19(2)27-26(31)21(4)28(18-22-11-9-20(3)10-12-22)25(30)8-7-17-29(35(6,32)33)23-13-15-24(34-5)16-14-23/h9-16,19,21H,7-8,17-18H2,1-6H3,(H,27,31)/t21-/m1/s1. The topological polar surface area (TPSA) is 96.0 Å². The molecule has 2 aromatic carbocycles. The second-order valence-electron chi connectivity index (χ2n) is 8.98. The maximum Gasteiger partial charge on any atom is 0.242 e. The number of methoxy groups -OCH3 is 1. The minimum atomic E-state index is -3.55. The van der Waals surface area contributed by atoms with Crippen LogP contribution in [0.2, 0.25) is 0 Å². The largest absolute Gasteiger partial charge is 0.497 e. The van der Waals surface area contributed by atoms with Gasteiger partial charge in [-0.2, -0.15) is 0 Å². The van der Waals surface area contributed by atoms with Crippen LogP contribution in [0.15, 0.2) is 48.5 Å². The van der Waals surface area contributed by atoms with Crippen LogP contribution in [-0.2, 0) is 26.2 Å². The minimum absolute atomic E-state index is 0.0471. The Labute approximate surface area is 209 Å². The van der Waals surface area contributed by atoms with Gasteiger partial charge in [0.25, 0.3) is 0 Å². The monoisotopic (exact) mass is 503 g/mol. The first-order valence-corrected chi connectivity index (χ1v) is 13.5. The van der Waals surface area contributed by atoms with E-state index in [9.17, 15) is 18.0 Å². The molecule has 0 unspecified atom stereocenters. The lowest BCUT2D eigenvalue weighted by Gasteiger charge is -2.30. The van der Waals surface area contributed by atoms with Gasteiger partial charge in [0.1, 0.15) is 11.8 Å². The lowest BCUT2D eigenvalue weighted by molar-refractivity contribution is -0.140. The predicted octanol–water partition coefficient (Wildman–Crippen LogP) is 3.49. The average molecular weight is 504 g/mol. The van der Waals surface area contributed by atoms with E-state index in [0.717, 1.165) is 17.4 Å². The van der Waals surface area contributed by atoms with Gasteiger partial charge in [0.2, 0.25) is 21.8 Å². The fourth-order valence-electron chi connectivity index (χ4n) is 3.63. The number of nitrogens with one attached hydrogen (secondary N) is 1. The van der Waals surface area contributed by atoms with Crippen LogP contribution in [0.1, 0.15) is 44.7 Å². The second kappa shape index (κ2) is 12.6. The quantitative estimate of drug-likeness (QED) is 0.478. The number of hydrogen-bond donors (Lipinski definition) is 1. The Bertz CT molecular complexity index is 1080. The van der Waals surface area contributed by atoms with Crippen molar-refractivity contribution in [2.45, 2.75) is 59.2 Å². The summed E-state index contributed by atoms with van der Waals surface area (Å²) < 4.78 is 31.2. The molecule has 2 amide bonds. The zero-order valence-corrected chi connectivity index (χ0v) is 22.3. The number of benzene rings is 2. The molecule has 0 fully saturated rings. The summed E-state index contributed by atoms with van der Waals surface area (Å²) in [7, 11) is -2.01. The van der Waals surface area contributed by atoms with E-state index in [2.05, 4.69) is 5.32 Å². The zero-order valence-electron chi connectivity index (χ0n) is 21.4. The number of nitrogens with zero attached hydrogens (tertiary/aromatic N) is 2. The molecule has 0 spiro atoms. The SMILES string of the molecule is COc1ccc(N(CCCC(=O)N(Cc2ccc(C)cc2)[C@H](C)C(=O)NC(C)C)S(C)(=O)=O)cc1. The summed E-state index contributed by atoms with van der Waals surface area (Å²) in [5, 5.41) is 2.87. The maximum absolute atomic E-state index is 13.3. The third-order valence-electron chi connectivity index (χ3n) is 5.58. The molecule has 0 aliphatic carbocycles. The zero-order chi connectivity index (χ0) is 26.2. The van der Waals surface area contributed by atoms with Gasteiger partial charge in [-0.1, -0.05) is 29.8 Å². The van der Waals surface area contributed by atoms with Crippen LogP contribution in [0.4, 0.5) is 5.69 Å². The highest BCUT2D eigenvalue weighted by Gasteiger charge is 2.27. The molecule has 0 saturated heterocycles. The Morgan fingerprint density at radius 1 is 1.00 bits per heavy atom. The van der Waals surface area contributed by atoms with Crippen LogP contribution < -0.4 is 14.4 Å². The van der Waals surface area contributed by atoms with Crippen molar-refractivity contribution < 1.29 is 22.7 Å². The summed E-state index contributed by atoms with van der Waals surface area (Å²) in [6, 6.07) is 13.8. The van der Waals surface area contributed by atoms with Gasteiger partial charge >= 0.3 is 0 Å². The molecule has 0 saturated carbocycles. The molecule has 1 N–H and O–H groups in total. The fourth-order valence-corrected chi connectivity index (χ4v) is 4.60.